The molecule has 0 saturated heterocycles. The number of amides is 1. The lowest BCUT2D eigenvalue weighted by atomic mass is 9.85. The topological polar surface area (TPSA) is 55.1 Å². The minimum absolute atomic E-state index is 0.0519. The molecule has 3 nitrogen and oxygen atoms in total. The first kappa shape index (κ1) is 13.6. The fourth-order valence-corrected chi connectivity index (χ4v) is 1.88. The lowest BCUT2D eigenvalue weighted by Gasteiger charge is -2.25. The van der Waals surface area contributed by atoms with Crippen molar-refractivity contribution in [1.82, 2.24) is 0 Å². The lowest BCUT2D eigenvalue weighted by Crippen LogP contribution is -2.25. The zero-order valence-electron chi connectivity index (χ0n) is 11.1. The van der Waals surface area contributed by atoms with Crippen molar-refractivity contribution in [3.8, 4) is 0 Å². The summed E-state index contributed by atoms with van der Waals surface area (Å²) in [4.78, 5) is 10.9. The highest BCUT2D eigenvalue weighted by molar-refractivity contribution is 5.75. The molecule has 3 heteroatoms. The minimum Gasteiger partial charge on any atom is -0.382 e. The van der Waals surface area contributed by atoms with E-state index in [9.17, 15) is 4.79 Å². The number of carbonyl (C=O) groups excluding carboxylic acids is 1. The molecule has 3 N–H and O–H groups in total. The molecular weight excluding hydrogens is 212 g/mol. The number of nitrogens with two attached hydrogens (primary N) is 1. The van der Waals surface area contributed by atoms with Gasteiger partial charge < -0.3 is 11.1 Å². The van der Waals surface area contributed by atoms with Crippen LogP contribution >= 0.6 is 0 Å². The molecule has 1 atom stereocenters. The van der Waals surface area contributed by atoms with Gasteiger partial charge in [0.1, 0.15) is 0 Å². The highest BCUT2D eigenvalue weighted by atomic mass is 16.1. The van der Waals surface area contributed by atoms with Crippen molar-refractivity contribution in [3.05, 3.63) is 29.8 Å². The van der Waals surface area contributed by atoms with Crippen molar-refractivity contribution in [1.29, 1.82) is 0 Å². The summed E-state index contributed by atoms with van der Waals surface area (Å²) in [6.45, 7) is 8.48. The fraction of sp³-hybridized carbons (Fsp3) is 0.500. The van der Waals surface area contributed by atoms with Crippen molar-refractivity contribution in [2.24, 2.45) is 5.73 Å². The Morgan fingerprint density at radius 1 is 1.35 bits per heavy atom. The van der Waals surface area contributed by atoms with Crippen molar-refractivity contribution in [2.45, 2.75) is 45.6 Å². The summed E-state index contributed by atoms with van der Waals surface area (Å²) in [6, 6.07) is 8.23. The van der Waals surface area contributed by atoms with E-state index in [1.165, 1.54) is 5.56 Å². The Labute approximate surface area is 103 Å². The monoisotopic (exact) mass is 234 g/mol. The van der Waals surface area contributed by atoms with Crippen molar-refractivity contribution in [2.75, 3.05) is 5.32 Å². The first-order valence-electron chi connectivity index (χ1n) is 5.95. The van der Waals surface area contributed by atoms with Crippen LogP contribution < -0.4 is 11.1 Å². The van der Waals surface area contributed by atoms with Gasteiger partial charge in [0.2, 0.25) is 5.91 Å². The number of hydrogen-bond donors (Lipinski definition) is 2. The molecule has 0 aliphatic carbocycles. The zero-order valence-corrected chi connectivity index (χ0v) is 11.1. The summed E-state index contributed by atoms with van der Waals surface area (Å²) in [5, 5.41) is 3.35. The van der Waals surface area contributed by atoms with Gasteiger partial charge in [-0.2, -0.15) is 0 Å². The molecule has 1 aromatic rings. The van der Waals surface area contributed by atoms with Gasteiger partial charge in [-0.05, 0) is 24.0 Å². The maximum Gasteiger partial charge on any atom is 0.219 e. The zero-order chi connectivity index (χ0) is 13.1. The van der Waals surface area contributed by atoms with Crippen molar-refractivity contribution < 1.29 is 4.79 Å². The molecule has 17 heavy (non-hydrogen) atoms. The molecule has 0 radical (unpaired) electrons. The molecular formula is C14H22N2O. The summed E-state index contributed by atoms with van der Waals surface area (Å²) in [7, 11) is 0. The van der Waals surface area contributed by atoms with Gasteiger partial charge in [-0.25, -0.2) is 0 Å². The van der Waals surface area contributed by atoms with Crippen LogP contribution in [0.15, 0.2) is 24.3 Å². The van der Waals surface area contributed by atoms with Gasteiger partial charge in [-0.3, -0.25) is 4.79 Å². The second kappa shape index (κ2) is 5.21. The van der Waals surface area contributed by atoms with Gasteiger partial charge in [-0.15, -0.1) is 0 Å². The lowest BCUT2D eigenvalue weighted by molar-refractivity contribution is -0.118. The molecule has 94 valence electrons. The average molecular weight is 234 g/mol. The molecule has 0 saturated carbocycles. The molecule has 0 aliphatic rings. The van der Waals surface area contributed by atoms with E-state index in [1.807, 2.05) is 25.1 Å². The maximum absolute atomic E-state index is 10.9. The van der Waals surface area contributed by atoms with Crippen LogP contribution in [0.5, 0.6) is 0 Å². The smallest absolute Gasteiger partial charge is 0.219 e. The second-order valence-corrected chi connectivity index (χ2v) is 5.51. The van der Waals surface area contributed by atoms with E-state index < -0.39 is 0 Å². The standard InChI is InChI=1S/C14H22N2O/c1-10(9-13(15)17)16-12-8-6-5-7-11(12)14(2,3)4/h5-8,10,16H,9H2,1-4H3,(H2,15,17). The number of hydrogen-bond acceptors (Lipinski definition) is 2. The summed E-state index contributed by atoms with van der Waals surface area (Å²) < 4.78 is 0. The SMILES string of the molecule is CC(CC(N)=O)Nc1ccccc1C(C)(C)C. The second-order valence-electron chi connectivity index (χ2n) is 5.51. The number of carbonyl (C=O) groups is 1. The summed E-state index contributed by atoms with van der Waals surface area (Å²) in [5.41, 5.74) is 7.60. The first-order valence-corrected chi connectivity index (χ1v) is 5.95. The number of nitrogens with one attached hydrogen (secondary N) is 1. The van der Waals surface area contributed by atoms with Crippen molar-refractivity contribution in [3.63, 3.8) is 0 Å². The first-order chi connectivity index (χ1) is 7.80. The molecule has 0 aliphatic heterocycles. The van der Waals surface area contributed by atoms with Crippen LogP contribution in [0.25, 0.3) is 0 Å². The van der Waals surface area contributed by atoms with Crippen LogP contribution in [-0.4, -0.2) is 11.9 Å². The molecule has 1 unspecified atom stereocenters. The Kier molecular flexibility index (Phi) is 4.16. The highest BCUT2D eigenvalue weighted by Gasteiger charge is 2.18. The van der Waals surface area contributed by atoms with Gasteiger partial charge in [-0.1, -0.05) is 39.0 Å². The molecule has 0 bridgehead atoms. The van der Waals surface area contributed by atoms with E-state index in [4.69, 9.17) is 5.73 Å². The van der Waals surface area contributed by atoms with Gasteiger partial charge in [0.05, 0.1) is 0 Å². The Morgan fingerprint density at radius 2 is 1.94 bits per heavy atom. The molecule has 0 heterocycles. The third-order valence-electron chi connectivity index (χ3n) is 2.64. The largest absolute Gasteiger partial charge is 0.382 e. The average Bonchev–Trinajstić information content (AvgIpc) is 2.15. The Balaban J connectivity index is 2.87. The summed E-state index contributed by atoms with van der Waals surface area (Å²) in [6.07, 6.45) is 0.346. The number of para-hydroxylation sites is 1. The summed E-state index contributed by atoms with van der Waals surface area (Å²) >= 11 is 0. The summed E-state index contributed by atoms with van der Waals surface area (Å²) in [5.74, 6) is -0.279. The van der Waals surface area contributed by atoms with E-state index in [0.717, 1.165) is 5.69 Å². The quantitative estimate of drug-likeness (QED) is 0.841. The maximum atomic E-state index is 10.9. The number of benzene rings is 1. The minimum atomic E-state index is -0.279. The van der Waals surface area contributed by atoms with Crippen LogP contribution in [0, 0.1) is 0 Å². The number of anilines is 1. The number of rotatable bonds is 4. The van der Waals surface area contributed by atoms with Crippen LogP contribution in [0.2, 0.25) is 0 Å². The molecule has 1 aromatic carbocycles. The van der Waals surface area contributed by atoms with Crippen LogP contribution in [0.1, 0.15) is 39.7 Å². The molecule has 1 amide bonds. The molecule has 1 rings (SSSR count). The Morgan fingerprint density at radius 3 is 2.47 bits per heavy atom. The predicted octanol–water partition coefficient (Wildman–Crippen LogP) is 2.66. The van der Waals surface area contributed by atoms with Gasteiger partial charge >= 0.3 is 0 Å². The van der Waals surface area contributed by atoms with Gasteiger partial charge in [0, 0.05) is 18.2 Å². The van der Waals surface area contributed by atoms with Gasteiger partial charge in [0.15, 0.2) is 0 Å². The molecule has 0 spiro atoms. The van der Waals surface area contributed by atoms with E-state index in [2.05, 4.69) is 32.2 Å². The van der Waals surface area contributed by atoms with Gasteiger partial charge in [0.25, 0.3) is 0 Å². The van der Waals surface area contributed by atoms with Crippen LogP contribution in [-0.2, 0) is 10.2 Å². The fourth-order valence-electron chi connectivity index (χ4n) is 1.88. The predicted molar refractivity (Wildman–Crippen MR) is 72.0 cm³/mol. The molecule has 0 aromatic heterocycles. The third-order valence-corrected chi connectivity index (χ3v) is 2.64. The van der Waals surface area contributed by atoms with Crippen LogP contribution in [0.4, 0.5) is 5.69 Å². The Bertz CT molecular complexity index is 393. The molecule has 0 fully saturated rings. The highest BCUT2D eigenvalue weighted by Crippen LogP contribution is 2.29. The van der Waals surface area contributed by atoms with Crippen LogP contribution in [0.3, 0.4) is 0 Å². The van der Waals surface area contributed by atoms with E-state index >= 15 is 0 Å². The normalized spacial score (nSPS) is 13.2. The number of primary amides is 1. The van der Waals surface area contributed by atoms with E-state index in [0.29, 0.717) is 6.42 Å². The Hall–Kier alpha value is -1.51. The van der Waals surface area contributed by atoms with E-state index in [1.54, 1.807) is 0 Å². The van der Waals surface area contributed by atoms with E-state index in [-0.39, 0.29) is 17.4 Å². The third kappa shape index (κ3) is 4.10. The van der Waals surface area contributed by atoms with Crippen molar-refractivity contribution >= 4 is 11.6 Å².